The van der Waals surface area contributed by atoms with Crippen LogP contribution in [0, 0.1) is 17.8 Å². The molecule has 158 valence electrons. The summed E-state index contributed by atoms with van der Waals surface area (Å²) < 4.78 is 6.28. The first kappa shape index (κ1) is 21.0. The molecule has 1 spiro atoms. The van der Waals surface area contributed by atoms with Crippen LogP contribution in [0.1, 0.15) is 47.5 Å². The minimum atomic E-state index is -1.02. The quantitative estimate of drug-likeness (QED) is 0.609. The van der Waals surface area contributed by atoms with Gasteiger partial charge in [0.15, 0.2) is 0 Å². The predicted molar refractivity (Wildman–Crippen MR) is 102 cm³/mol. The molecule has 0 radical (unpaired) electrons. The van der Waals surface area contributed by atoms with E-state index in [-0.39, 0.29) is 36.4 Å². The van der Waals surface area contributed by atoms with Crippen LogP contribution in [0.3, 0.4) is 0 Å². The average molecular weight is 396 g/mol. The Labute approximate surface area is 166 Å². The molecule has 3 saturated heterocycles. The molecule has 3 N–H and O–H groups in total. The van der Waals surface area contributed by atoms with Gasteiger partial charge < -0.3 is 25.4 Å². The normalized spacial score (nSPS) is 35.3. The van der Waals surface area contributed by atoms with E-state index in [1.165, 1.54) is 4.90 Å². The summed E-state index contributed by atoms with van der Waals surface area (Å²) in [6.45, 7) is 9.22. The summed E-state index contributed by atoms with van der Waals surface area (Å²) in [6.07, 6.45) is 0.837. The molecule has 3 aliphatic rings. The van der Waals surface area contributed by atoms with Crippen molar-refractivity contribution in [3.8, 4) is 0 Å². The number of ether oxygens (including phenoxy) is 1. The Bertz CT molecular complexity index is 673. The highest BCUT2D eigenvalue weighted by molar-refractivity contribution is 5.99. The minimum absolute atomic E-state index is 0.0511. The van der Waals surface area contributed by atoms with Gasteiger partial charge in [-0.05, 0) is 39.5 Å². The number of aliphatic hydroxyl groups excluding tert-OH is 1. The number of likely N-dealkylation sites (tertiary alicyclic amines) is 1. The summed E-state index contributed by atoms with van der Waals surface area (Å²) in [5.74, 6) is -2.14. The molecule has 3 rings (SSSR count). The highest BCUT2D eigenvalue weighted by atomic mass is 16.5. The number of aliphatic hydroxyl groups is 1. The fourth-order valence-electron chi connectivity index (χ4n) is 5.27. The molecule has 2 unspecified atom stereocenters. The van der Waals surface area contributed by atoms with Crippen LogP contribution in [-0.4, -0.2) is 70.7 Å². The zero-order chi connectivity index (χ0) is 21.0. The lowest BCUT2D eigenvalue weighted by atomic mass is 9.70. The number of carbonyl (C=O) groups excluding carboxylic acids is 3. The van der Waals surface area contributed by atoms with Gasteiger partial charge in [0.25, 0.3) is 0 Å². The fraction of sp³-hybridized carbons (Fsp3) is 0.850. The Morgan fingerprint density at radius 1 is 1.32 bits per heavy atom. The van der Waals surface area contributed by atoms with Gasteiger partial charge in [0.05, 0.1) is 30.6 Å². The summed E-state index contributed by atoms with van der Waals surface area (Å²) in [4.78, 5) is 41.0. The van der Waals surface area contributed by atoms with Crippen molar-refractivity contribution in [2.75, 3.05) is 13.7 Å². The third-order valence-corrected chi connectivity index (χ3v) is 6.35. The number of carbonyl (C=O) groups is 3. The molecule has 28 heavy (non-hydrogen) atoms. The maximum Gasteiger partial charge on any atom is 0.246 e. The van der Waals surface area contributed by atoms with Crippen LogP contribution < -0.4 is 10.6 Å². The van der Waals surface area contributed by atoms with E-state index in [1.807, 2.05) is 34.6 Å². The van der Waals surface area contributed by atoms with Crippen LogP contribution in [-0.2, 0) is 19.1 Å². The lowest BCUT2D eigenvalue weighted by molar-refractivity contribution is -0.147. The van der Waals surface area contributed by atoms with E-state index in [1.54, 1.807) is 7.05 Å². The van der Waals surface area contributed by atoms with Crippen molar-refractivity contribution in [1.82, 2.24) is 15.5 Å². The van der Waals surface area contributed by atoms with Crippen molar-refractivity contribution in [2.45, 2.75) is 76.8 Å². The van der Waals surface area contributed by atoms with Crippen LogP contribution >= 0.6 is 0 Å². The Hall–Kier alpha value is -1.67. The highest BCUT2D eigenvalue weighted by Crippen LogP contribution is 2.59. The van der Waals surface area contributed by atoms with Crippen LogP contribution in [0.25, 0.3) is 0 Å². The SMILES string of the molecule is CNC(=O)[C@@H]1[C@@H]2CCC3(O2)C(C(=O)NC(C)(C)C)N([C@@H](CO)C(C)C)C(=O)[C@H]13. The van der Waals surface area contributed by atoms with Crippen molar-refractivity contribution in [3.63, 3.8) is 0 Å². The molecule has 0 saturated carbocycles. The standard InChI is InChI=1S/C20H33N3O5/c1-10(2)11(9-24)23-15(17(26)22-19(3,4)5)20-8-7-12(28-20)13(16(25)21-6)14(20)18(23)27/h10-15,24H,7-9H2,1-6H3,(H,21,25)(H,22,26)/t11-,12-,13+,14-,15?,20?/m0/s1. The zero-order valence-electron chi connectivity index (χ0n) is 17.6. The average Bonchev–Trinajstić information content (AvgIpc) is 3.21. The summed E-state index contributed by atoms with van der Waals surface area (Å²) in [5.41, 5.74) is -1.50. The zero-order valence-corrected chi connectivity index (χ0v) is 17.6. The molecule has 3 fully saturated rings. The maximum absolute atomic E-state index is 13.6. The van der Waals surface area contributed by atoms with E-state index >= 15 is 0 Å². The first-order valence-electron chi connectivity index (χ1n) is 10.1. The second kappa shape index (κ2) is 6.99. The fourth-order valence-corrected chi connectivity index (χ4v) is 5.27. The molecular weight excluding hydrogens is 362 g/mol. The molecule has 0 aromatic heterocycles. The summed E-state index contributed by atoms with van der Waals surface area (Å²) >= 11 is 0. The third kappa shape index (κ3) is 3.01. The summed E-state index contributed by atoms with van der Waals surface area (Å²) in [5, 5.41) is 15.6. The summed E-state index contributed by atoms with van der Waals surface area (Å²) in [7, 11) is 1.55. The number of rotatable bonds is 5. The van der Waals surface area contributed by atoms with E-state index < -0.39 is 35.1 Å². The topological polar surface area (TPSA) is 108 Å². The van der Waals surface area contributed by atoms with E-state index in [4.69, 9.17) is 4.74 Å². The largest absolute Gasteiger partial charge is 0.394 e. The van der Waals surface area contributed by atoms with Crippen molar-refractivity contribution < 1.29 is 24.2 Å². The number of amides is 3. The van der Waals surface area contributed by atoms with Gasteiger partial charge in [-0.2, -0.15) is 0 Å². The Morgan fingerprint density at radius 2 is 1.96 bits per heavy atom. The molecule has 8 heteroatoms. The van der Waals surface area contributed by atoms with Crippen molar-refractivity contribution in [2.24, 2.45) is 17.8 Å². The highest BCUT2D eigenvalue weighted by Gasteiger charge is 2.75. The van der Waals surface area contributed by atoms with Crippen LogP contribution in [0.5, 0.6) is 0 Å². The van der Waals surface area contributed by atoms with Gasteiger partial charge in [0, 0.05) is 12.6 Å². The number of hydrogen-bond donors (Lipinski definition) is 3. The Balaban J connectivity index is 2.09. The lowest BCUT2D eigenvalue weighted by Crippen LogP contribution is -2.61. The minimum Gasteiger partial charge on any atom is -0.394 e. The molecule has 3 aliphatic heterocycles. The molecule has 0 aliphatic carbocycles. The third-order valence-electron chi connectivity index (χ3n) is 6.35. The first-order valence-corrected chi connectivity index (χ1v) is 10.1. The van der Waals surface area contributed by atoms with Gasteiger partial charge in [-0.15, -0.1) is 0 Å². The van der Waals surface area contributed by atoms with Crippen LogP contribution in [0.2, 0.25) is 0 Å². The second-order valence-corrected chi connectivity index (χ2v) is 9.65. The van der Waals surface area contributed by atoms with Gasteiger partial charge in [0.2, 0.25) is 17.7 Å². The molecular formula is C20H33N3O5. The number of nitrogens with zero attached hydrogens (tertiary/aromatic N) is 1. The van der Waals surface area contributed by atoms with Crippen molar-refractivity contribution >= 4 is 17.7 Å². The molecule has 3 heterocycles. The van der Waals surface area contributed by atoms with E-state index in [9.17, 15) is 19.5 Å². The second-order valence-electron chi connectivity index (χ2n) is 9.65. The smallest absolute Gasteiger partial charge is 0.246 e. The lowest BCUT2D eigenvalue weighted by Gasteiger charge is -2.39. The number of nitrogens with one attached hydrogen (secondary N) is 2. The van der Waals surface area contributed by atoms with Crippen molar-refractivity contribution in [3.05, 3.63) is 0 Å². The van der Waals surface area contributed by atoms with Gasteiger partial charge >= 0.3 is 0 Å². The van der Waals surface area contributed by atoms with Gasteiger partial charge in [-0.25, -0.2) is 0 Å². The van der Waals surface area contributed by atoms with Gasteiger partial charge in [0.1, 0.15) is 11.6 Å². The summed E-state index contributed by atoms with van der Waals surface area (Å²) in [6, 6.07) is -1.38. The van der Waals surface area contributed by atoms with Crippen LogP contribution in [0.4, 0.5) is 0 Å². The molecule has 6 atom stereocenters. The van der Waals surface area contributed by atoms with Gasteiger partial charge in [-0.1, -0.05) is 13.8 Å². The van der Waals surface area contributed by atoms with Crippen molar-refractivity contribution in [1.29, 1.82) is 0 Å². The maximum atomic E-state index is 13.6. The molecule has 0 aromatic carbocycles. The number of fused-ring (bicyclic) bond motifs is 1. The number of hydrogen-bond acceptors (Lipinski definition) is 5. The molecule has 0 aromatic rings. The van der Waals surface area contributed by atoms with E-state index in [0.717, 1.165) is 0 Å². The van der Waals surface area contributed by atoms with E-state index in [0.29, 0.717) is 12.8 Å². The van der Waals surface area contributed by atoms with E-state index in [2.05, 4.69) is 10.6 Å². The Morgan fingerprint density at radius 3 is 2.46 bits per heavy atom. The molecule has 2 bridgehead atoms. The molecule has 8 nitrogen and oxygen atoms in total. The predicted octanol–water partition coefficient (Wildman–Crippen LogP) is 0.0386. The molecule has 3 amide bonds. The van der Waals surface area contributed by atoms with Crippen LogP contribution in [0.15, 0.2) is 0 Å². The monoisotopic (exact) mass is 395 g/mol. The first-order chi connectivity index (χ1) is 13.0. The van der Waals surface area contributed by atoms with Gasteiger partial charge in [-0.3, -0.25) is 14.4 Å². The Kier molecular flexibility index (Phi) is 5.25.